The van der Waals surface area contributed by atoms with E-state index in [1.54, 1.807) is 13.2 Å². The van der Waals surface area contributed by atoms with Crippen LogP contribution in [0.1, 0.15) is 34.5 Å². The average Bonchev–Trinajstić information content (AvgIpc) is 3.36. The molecule has 2 N–H and O–H groups in total. The Morgan fingerprint density at radius 2 is 2.07 bits per heavy atom. The summed E-state index contributed by atoms with van der Waals surface area (Å²) in [6.07, 6.45) is 4.05. The number of amides is 1. The van der Waals surface area contributed by atoms with Crippen LogP contribution in [0.15, 0.2) is 24.3 Å². The Labute approximate surface area is 189 Å². The van der Waals surface area contributed by atoms with Crippen LogP contribution in [0.5, 0.6) is 11.5 Å². The number of carbonyl (C=O) groups excluding carboxylic acids is 1. The number of aliphatic hydroxyl groups is 1. The summed E-state index contributed by atoms with van der Waals surface area (Å²) in [6, 6.07) is 7.37. The third kappa shape index (κ3) is 6.31. The molecule has 0 unspecified atom stereocenters. The average molecular weight is 530 g/mol. The minimum absolute atomic E-state index is 0.0186. The Kier molecular flexibility index (Phi) is 8.58. The Hall–Kier alpha value is -1.36. The molecule has 0 bridgehead atoms. The molecule has 2 aromatic rings. The van der Waals surface area contributed by atoms with Crippen LogP contribution in [-0.4, -0.2) is 55.9 Å². The molecular weight excluding hydrogens is 503 g/mol. The van der Waals surface area contributed by atoms with Crippen molar-refractivity contribution in [2.24, 2.45) is 0 Å². The number of methoxy groups -OCH3 is 1. The van der Waals surface area contributed by atoms with E-state index in [1.807, 2.05) is 18.2 Å². The summed E-state index contributed by atoms with van der Waals surface area (Å²) in [6.45, 7) is 4.11. The number of rotatable bonds is 10. The molecule has 1 fully saturated rings. The second-order valence-corrected chi connectivity index (χ2v) is 9.90. The zero-order valence-electron chi connectivity index (χ0n) is 16.6. The summed E-state index contributed by atoms with van der Waals surface area (Å²) in [5.41, 5.74) is 1.51. The highest BCUT2D eigenvalue weighted by atomic mass is 127. The fourth-order valence-corrected chi connectivity index (χ4v) is 5.29. The maximum atomic E-state index is 12.7. The SMILES string of the molecule is COc1cc(NC(=O)c2sc(I)cc2CCO)ccc1OCCCN1CCCC1. The fourth-order valence-electron chi connectivity index (χ4n) is 3.42. The van der Waals surface area contributed by atoms with Crippen LogP contribution in [0.25, 0.3) is 0 Å². The van der Waals surface area contributed by atoms with E-state index in [1.165, 1.54) is 37.3 Å². The van der Waals surface area contributed by atoms with Crippen molar-refractivity contribution < 1.29 is 19.4 Å². The summed E-state index contributed by atoms with van der Waals surface area (Å²) in [4.78, 5) is 15.8. The van der Waals surface area contributed by atoms with Gasteiger partial charge in [-0.15, -0.1) is 11.3 Å². The second-order valence-electron chi connectivity index (χ2n) is 6.95. The van der Waals surface area contributed by atoms with Crippen molar-refractivity contribution in [3.63, 3.8) is 0 Å². The maximum Gasteiger partial charge on any atom is 0.266 e. The van der Waals surface area contributed by atoms with Crippen molar-refractivity contribution in [3.05, 3.63) is 37.6 Å². The van der Waals surface area contributed by atoms with Gasteiger partial charge in [0.15, 0.2) is 11.5 Å². The van der Waals surface area contributed by atoms with Gasteiger partial charge in [-0.1, -0.05) is 0 Å². The molecule has 0 spiro atoms. The Morgan fingerprint density at radius 1 is 1.28 bits per heavy atom. The first kappa shape index (κ1) is 22.3. The molecule has 29 heavy (non-hydrogen) atoms. The first-order valence-electron chi connectivity index (χ1n) is 9.84. The van der Waals surface area contributed by atoms with Crippen molar-refractivity contribution in [2.45, 2.75) is 25.7 Å². The predicted octanol–water partition coefficient (Wildman–Crippen LogP) is 4.01. The van der Waals surface area contributed by atoms with E-state index >= 15 is 0 Å². The number of anilines is 1. The van der Waals surface area contributed by atoms with Crippen LogP contribution >= 0.6 is 33.9 Å². The number of hydrogen-bond acceptors (Lipinski definition) is 6. The van der Waals surface area contributed by atoms with E-state index in [2.05, 4.69) is 32.8 Å². The molecule has 1 aliphatic rings. The maximum absolute atomic E-state index is 12.7. The highest BCUT2D eigenvalue weighted by molar-refractivity contribution is 14.1. The summed E-state index contributed by atoms with van der Waals surface area (Å²) in [7, 11) is 1.60. The topological polar surface area (TPSA) is 71.0 Å². The highest BCUT2D eigenvalue weighted by Crippen LogP contribution is 2.31. The van der Waals surface area contributed by atoms with Crippen LogP contribution < -0.4 is 14.8 Å². The summed E-state index contributed by atoms with van der Waals surface area (Å²) in [5, 5.41) is 12.1. The van der Waals surface area contributed by atoms with E-state index in [0.29, 0.717) is 35.1 Å². The molecule has 1 aliphatic heterocycles. The van der Waals surface area contributed by atoms with Crippen LogP contribution in [0.2, 0.25) is 0 Å². The van der Waals surface area contributed by atoms with Gasteiger partial charge in [0.2, 0.25) is 0 Å². The lowest BCUT2D eigenvalue weighted by Crippen LogP contribution is -2.21. The van der Waals surface area contributed by atoms with Crippen LogP contribution in [0.3, 0.4) is 0 Å². The van der Waals surface area contributed by atoms with Gasteiger partial charge >= 0.3 is 0 Å². The zero-order chi connectivity index (χ0) is 20.6. The highest BCUT2D eigenvalue weighted by Gasteiger charge is 2.17. The molecule has 0 atom stereocenters. The summed E-state index contributed by atoms with van der Waals surface area (Å²) >= 11 is 3.61. The minimum Gasteiger partial charge on any atom is -0.493 e. The van der Waals surface area contributed by atoms with Gasteiger partial charge in [-0.25, -0.2) is 0 Å². The van der Waals surface area contributed by atoms with Gasteiger partial charge in [-0.3, -0.25) is 4.79 Å². The van der Waals surface area contributed by atoms with Gasteiger partial charge in [-0.05, 0) is 85.1 Å². The Balaban J connectivity index is 1.58. The molecule has 2 heterocycles. The monoisotopic (exact) mass is 530 g/mol. The van der Waals surface area contributed by atoms with Crippen LogP contribution in [0.4, 0.5) is 5.69 Å². The summed E-state index contributed by atoms with van der Waals surface area (Å²) in [5.74, 6) is 1.10. The molecule has 0 saturated carbocycles. The lowest BCUT2D eigenvalue weighted by molar-refractivity contribution is 0.102. The third-order valence-electron chi connectivity index (χ3n) is 4.86. The molecular formula is C21H27IN2O4S. The number of hydrogen-bond donors (Lipinski definition) is 2. The van der Waals surface area contributed by atoms with E-state index in [0.717, 1.165) is 21.4 Å². The first-order chi connectivity index (χ1) is 14.1. The molecule has 1 aromatic carbocycles. The lowest BCUT2D eigenvalue weighted by atomic mass is 10.2. The van der Waals surface area contributed by atoms with Crippen molar-refractivity contribution >= 4 is 45.5 Å². The van der Waals surface area contributed by atoms with Crippen LogP contribution in [-0.2, 0) is 6.42 Å². The quantitative estimate of drug-likeness (QED) is 0.359. The van der Waals surface area contributed by atoms with Crippen molar-refractivity contribution in [3.8, 4) is 11.5 Å². The molecule has 3 rings (SSSR count). The number of halogens is 1. The number of nitrogens with one attached hydrogen (secondary N) is 1. The number of thiophene rings is 1. The molecule has 0 radical (unpaired) electrons. The molecule has 1 saturated heterocycles. The number of carbonyl (C=O) groups is 1. The van der Waals surface area contributed by atoms with Gasteiger partial charge in [0.1, 0.15) is 0 Å². The zero-order valence-corrected chi connectivity index (χ0v) is 19.6. The smallest absolute Gasteiger partial charge is 0.266 e. The number of nitrogens with zero attached hydrogens (tertiary/aromatic N) is 1. The van der Waals surface area contributed by atoms with Crippen molar-refractivity contribution in [1.82, 2.24) is 4.90 Å². The molecule has 8 heteroatoms. The van der Waals surface area contributed by atoms with E-state index in [4.69, 9.17) is 9.47 Å². The fraction of sp³-hybridized carbons (Fsp3) is 0.476. The minimum atomic E-state index is -0.178. The van der Waals surface area contributed by atoms with Crippen molar-refractivity contribution in [1.29, 1.82) is 0 Å². The molecule has 0 aliphatic carbocycles. The van der Waals surface area contributed by atoms with Crippen LogP contribution in [0, 0.1) is 2.88 Å². The number of likely N-dealkylation sites (tertiary alicyclic amines) is 1. The van der Waals surface area contributed by atoms with Gasteiger partial charge in [-0.2, -0.15) is 0 Å². The van der Waals surface area contributed by atoms with Gasteiger partial charge in [0, 0.05) is 24.9 Å². The third-order valence-corrected chi connectivity index (χ3v) is 6.80. The number of ether oxygens (including phenoxy) is 2. The van der Waals surface area contributed by atoms with E-state index < -0.39 is 0 Å². The lowest BCUT2D eigenvalue weighted by Gasteiger charge is -2.16. The molecule has 6 nitrogen and oxygen atoms in total. The predicted molar refractivity (Wildman–Crippen MR) is 125 cm³/mol. The molecule has 1 amide bonds. The van der Waals surface area contributed by atoms with Gasteiger partial charge in [0.25, 0.3) is 5.91 Å². The normalized spacial score (nSPS) is 14.2. The number of benzene rings is 1. The second kappa shape index (κ2) is 11.1. The Bertz CT molecular complexity index is 821. The van der Waals surface area contributed by atoms with Crippen molar-refractivity contribution in [2.75, 3.05) is 45.3 Å². The molecule has 158 valence electrons. The standard InChI is InChI=1S/C21H27IN2O4S/c1-27-18-14-16(23-21(26)20-15(7-11-25)13-19(22)29-20)5-6-17(18)28-12-4-10-24-8-2-3-9-24/h5-6,13-14,25H,2-4,7-12H2,1H3,(H,23,26). The first-order valence-corrected chi connectivity index (χ1v) is 11.7. The van der Waals surface area contributed by atoms with E-state index in [9.17, 15) is 9.90 Å². The Morgan fingerprint density at radius 3 is 2.79 bits per heavy atom. The largest absolute Gasteiger partial charge is 0.493 e. The summed E-state index contributed by atoms with van der Waals surface area (Å²) < 4.78 is 12.4. The number of aliphatic hydroxyl groups excluding tert-OH is 1. The molecule has 1 aromatic heterocycles. The van der Waals surface area contributed by atoms with Gasteiger partial charge < -0.3 is 24.8 Å². The van der Waals surface area contributed by atoms with Gasteiger partial charge in [0.05, 0.1) is 21.5 Å². The van der Waals surface area contributed by atoms with E-state index in [-0.39, 0.29) is 12.5 Å².